The number of hydrogen-bond donors (Lipinski definition) is 4. The average molecular weight is 540 g/mol. The Labute approximate surface area is 236 Å². The molecule has 0 heterocycles. The lowest BCUT2D eigenvalue weighted by atomic mass is 10.0. The zero-order chi connectivity index (χ0) is 28.1. The Morgan fingerprint density at radius 1 is 0.632 bits per heavy atom. The van der Waals surface area contributed by atoms with Gasteiger partial charge in [-0.05, 0) is 19.3 Å². The minimum absolute atomic E-state index is 0.360. The Morgan fingerprint density at radius 3 is 1.45 bits per heavy atom. The molecule has 3 unspecified atom stereocenters. The van der Waals surface area contributed by atoms with Crippen LogP contribution >= 0.6 is 0 Å². The first-order chi connectivity index (χ1) is 18.6. The highest BCUT2D eigenvalue weighted by Crippen LogP contribution is 2.14. The third kappa shape index (κ3) is 24.2. The van der Waals surface area contributed by atoms with Gasteiger partial charge in [-0.3, -0.25) is 4.79 Å². The Balaban J connectivity index is 3.78. The van der Waals surface area contributed by atoms with Crippen molar-refractivity contribution in [1.29, 1.82) is 0 Å². The fraction of sp³-hybridized carbons (Fsp3) is 0.909. The first-order valence-electron chi connectivity index (χ1n) is 16.5. The Morgan fingerprint density at radius 2 is 1.03 bits per heavy atom. The molecule has 38 heavy (non-hydrogen) atoms. The summed E-state index contributed by atoms with van der Waals surface area (Å²) in [4.78, 5) is 12.3. The van der Waals surface area contributed by atoms with Crippen molar-refractivity contribution in [3.05, 3.63) is 12.2 Å². The molecule has 0 aliphatic rings. The largest absolute Gasteiger partial charge is 0.394 e. The van der Waals surface area contributed by atoms with Gasteiger partial charge in [-0.2, -0.15) is 0 Å². The highest BCUT2D eigenvalue weighted by Gasteiger charge is 2.22. The molecule has 226 valence electrons. The lowest BCUT2D eigenvalue weighted by Crippen LogP contribution is -2.48. The first-order valence-corrected chi connectivity index (χ1v) is 16.5. The van der Waals surface area contributed by atoms with Crippen LogP contribution in [0.1, 0.15) is 168 Å². The molecule has 0 aromatic carbocycles. The molecule has 1 amide bonds. The van der Waals surface area contributed by atoms with Crippen molar-refractivity contribution < 1.29 is 20.1 Å². The Bertz CT molecular complexity index is 525. The summed E-state index contributed by atoms with van der Waals surface area (Å²) >= 11 is 0. The van der Waals surface area contributed by atoms with E-state index >= 15 is 0 Å². The third-order valence-corrected chi connectivity index (χ3v) is 7.63. The molecule has 0 aromatic rings. The summed E-state index contributed by atoms with van der Waals surface area (Å²) in [6.45, 7) is 4.14. The van der Waals surface area contributed by atoms with Crippen molar-refractivity contribution in [2.24, 2.45) is 0 Å². The van der Waals surface area contributed by atoms with E-state index in [2.05, 4.69) is 19.2 Å². The molecule has 0 aromatic heterocycles. The number of unbranched alkanes of at least 4 members (excludes halogenated alkanes) is 21. The van der Waals surface area contributed by atoms with Crippen molar-refractivity contribution in [2.75, 3.05) is 6.61 Å². The number of aliphatic hydroxyl groups is 3. The van der Waals surface area contributed by atoms with Crippen LogP contribution in [0.25, 0.3) is 0 Å². The van der Waals surface area contributed by atoms with E-state index in [-0.39, 0.29) is 6.61 Å². The number of carbonyl (C=O) groups is 1. The number of amides is 1. The second-order valence-corrected chi connectivity index (χ2v) is 11.4. The predicted molar refractivity (Wildman–Crippen MR) is 162 cm³/mol. The summed E-state index contributed by atoms with van der Waals surface area (Å²) < 4.78 is 0. The topological polar surface area (TPSA) is 89.8 Å². The van der Waals surface area contributed by atoms with E-state index < -0.39 is 24.2 Å². The summed E-state index contributed by atoms with van der Waals surface area (Å²) in [5.41, 5.74) is 0. The molecule has 0 aliphatic heterocycles. The van der Waals surface area contributed by atoms with Crippen LogP contribution in [0.4, 0.5) is 0 Å². The van der Waals surface area contributed by atoms with E-state index in [1.54, 1.807) is 6.08 Å². The number of aliphatic hydroxyl groups excluding tert-OH is 3. The number of carbonyl (C=O) groups excluding carboxylic acids is 1. The molecule has 3 atom stereocenters. The van der Waals surface area contributed by atoms with E-state index in [1.807, 2.05) is 6.08 Å². The number of hydrogen-bond acceptors (Lipinski definition) is 4. The summed E-state index contributed by atoms with van der Waals surface area (Å²) in [7, 11) is 0. The molecule has 0 saturated carbocycles. The normalized spacial score (nSPS) is 14.1. The molecule has 4 N–H and O–H groups in total. The monoisotopic (exact) mass is 539 g/mol. The van der Waals surface area contributed by atoms with Gasteiger partial charge < -0.3 is 20.6 Å². The summed E-state index contributed by atoms with van der Waals surface area (Å²) in [6, 6.07) is -0.789. The van der Waals surface area contributed by atoms with Gasteiger partial charge in [0.15, 0.2) is 0 Å². The van der Waals surface area contributed by atoms with Crippen molar-refractivity contribution in [2.45, 2.75) is 186 Å². The summed E-state index contributed by atoms with van der Waals surface area (Å²) in [5.74, 6) is -0.505. The van der Waals surface area contributed by atoms with Crippen LogP contribution in [0, 0.1) is 0 Å². The summed E-state index contributed by atoms with van der Waals surface area (Å²) in [6.07, 6.45) is 30.7. The number of rotatable bonds is 29. The highest BCUT2D eigenvalue weighted by atomic mass is 16.3. The second-order valence-electron chi connectivity index (χ2n) is 11.4. The minimum Gasteiger partial charge on any atom is -0.394 e. The Hall–Kier alpha value is -0.910. The number of nitrogens with one attached hydrogen (secondary N) is 1. The van der Waals surface area contributed by atoms with Gasteiger partial charge in [0.1, 0.15) is 6.10 Å². The zero-order valence-corrected chi connectivity index (χ0v) is 25.3. The SMILES string of the molecule is CCCCCCCCCCC/C=C/C(O)C(CO)NC(=O)C(O)CCCCCCCCCCCCCCC. The van der Waals surface area contributed by atoms with Gasteiger partial charge in [0.2, 0.25) is 5.91 Å². The molecular formula is C33H65NO4. The van der Waals surface area contributed by atoms with E-state index in [4.69, 9.17) is 0 Å². The maximum atomic E-state index is 12.3. The molecule has 0 fully saturated rings. The quantitative estimate of drug-likeness (QED) is 0.0570. The van der Waals surface area contributed by atoms with Crippen LogP contribution in [0.2, 0.25) is 0 Å². The standard InChI is InChI=1S/C33H65NO4/c1-3-5-7-9-11-13-15-16-18-20-22-24-26-28-32(37)33(38)34-30(29-35)31(36)27-25-23-21-19-17-14-12-10-8-6-4-2/h25,27,30-32,35-37H,3-24,26,28-29H2,1-2H3,(H,34,38)/b27-25+. The van der Waals surface area contributed by atoms with Crippen LogP contribution in [-0.2, 0) is 4.79 Å². The Kier molecular flexibility index (Phi) is 28.4. The fourth-order valence-electron chi connectivity index (χ4n) is 4.95. The van der Waals surface area contributed by atoms with Crippen molar-refractivity contribution >= 4 is 5.91 Å². The number of allylic oxidation sites excluding steroid dienone is 1. The van der Waals surface area contributed by atoms with Crippen molar-refractivity contribution in [1.82, 2.24) is 5.32 Å². The highest BCUT2D eigenvalue weighted by molar-refractivity contribution is 5.80. The van der Waals surface area contributed by atoms with Gasteiger partial charge in [-0.15, -0.1) is 0 Å². The zero-order valence-electron chi connectivity index (χ0n) is 25.3. The molecule has 0 spiro atoms. The molecule has 0 bridgehead atoms. The third-order valence-electron chi connectivity index (χ3n) is 7.63. The maximum absolute atomic E-state index is 12.3. The van der Waals surface area contributed by atoms with Gasteiger partial charge in [0.25, 0.3) is 0 Å². The van der Waals surface area contributed by atoms with E-state index in [0.717, 1.165) is 32.1 Å². The van der Waals surface area contributed by atoms with E-state index in [9.17, 15) is 20.1 Å². The fourth-order valence-corrected chi connectivity index (χ4v) is 4.95. The van der Waals surface area contributed by atoms with Crippen LogP contribution in [0.5, 0.6) is 0 Å². The molecule has 0 aliphatic carbocycles. The summed E-state index contributed by atoms with van der Waals surface area (Å²) in [5, 5.41) is 32.8. The van der Waals surface area contributed by atoms with Crippen LogP contribution < -0.4 is 5.32 Å². The van der Waals surface area contributed by atoms with Crippen molar-refractivity contribution in [3.63, 3.8) is 0 Å². The van der Waals surface area contributed by atoms with Gasteiger partial charge in [0, 0.05) is 0 Å². The van der Waals surface area contributed by atoms with E-state index in [1.165, 1.54) is 116 Å². The van der Waals surface area contributed by atoms with Crippen LogP contribution in [0.15, 0.2) is 12.2 Å². The van der Waals surface area contributed by atoms with Crippen LogP contribution in [-0.4, -0.2) is 46.1 Å². The van der Waals surface area contributed by atoms with Gasteiger partial charge in [0.05, 0.1) is 18.8 Å². The van der Waals surface area contributed by atoms with Crippen LogP contribution in [0.3, 0.4) is 0 Å². The second kappa shape index (κ2) is 29.1. The lowest BCUT2D eigenvalue weighted by molar-refractivity contribution is -0.131. The smallest absolute Gasteiger partial charge is 0.249 e. The molecule has 5 heteroatoms. The predicted octanol–water partition coefficient (Wildman–Crippen LogP) is 8.14. The molecule has 5 nitrogen and oxygen atoms in total. The maximum Gasteiger partial charge on any atom is 0.249 e. The van der Waals surface area contributed by atoms with Gasteiger partial charge >= 0.3 is 0 Å². The molecule has 0 saturated heterocycles. The first kappa shape index (κ1) is 37.1. The average Bonchev–Trinajstić information content (AvgIpc) is 2.92. The lowest BCUT2D eigenvalue weighted by Gasteiger charge is -2.21. The molecular weight excluding hydrogens is 474 g/mol. The van der Waals surface area contributed by atoms with Gasteiger partial charge in [-0.25, -0.2) is 0 Å². The molecule has 0 radical (unpaired) electrons. The van der Waals surface area contributed by atoms with Crippen molar-refractivity contribution in [3.8, 4) is 0 Å². The molecule has 0 rings (SSSR count). The van der Waals surface area contributed by atoms with E-state index in [0.29, 0.717) is 6.42 Å². The van der Waals surface area contributed by atoms with Gasteiger partial charge in [-0.1, -0.05) is 161 Å². The minimum atomic E-state index is -1.09.